The maximum Gasteiger partial charge on any atom is 0.224 e. The number of rotatable bonds is 6. The van der Waals surface area contributed by atoms with E-state index < -0.39 is 0 Å². The molecule has 0 fully saturated rings. The van der Waals surface area contributed by atoms with Crippen molar-refractivity contribution in [2.75, 3.05) is 23.7 Å². The van der Waals surface area contributed by atoms with Gasteiger partial charge in [-0.3, -0.25) is 0 Å². The van der Waals surface area contributed by atoms with Gasteiger partial charge in [0.25, 0.3) is 0 Å². The zero-order chi connectivity index (χ0) is 14.4. The van der Waals surface area contributed by atoms with Crippen molar-refractivity contribution >= 4 is 27.7 Å². The van der Waals surface area contributed by atoms with E-state index in [9.17, 15) is 0 Å². The number of nitrogens with zero attached hydrogens (tertiary/aromatic N) is 2. The molecule has 0 spiro atoms. The third kappa shape index (κ3) is 3.93. The lowest BCUT2D eigenvalue weighted by molar-refractivity contribution is 0.800. The quantitative estimate of drug-likeness (QED) is 0.841. The molecule has 106 valence electrons. The average Bonchev–Trinajstić information content (AvgIpc) is 2.48. The smallest absolute Gasteiger partial charge is 0.224 e. The van der Waals surface area contributed by atoms with Crippen LogP contribution in [0, 0.1) is 0 Å². The summed E-state index contributed by atoms with van der Waals surface area (Å²) in [6.07, 6.45) is 1.76. The van der Waals surface area contributed by atoms with E-state index in [1.54, 1.807) is 6.20 Å². The molecule has 0 aliphatic heterocycles. The van der Waals surface area contributed by atoms with Gasteiger partial charge in [0.05, 0.1) is 4.47 Å². The number of halogens is 1. The van der Waals surface area contributed by atoms with E-state index >= 15 is 0 Å². The first kappa shape index (κ1) is 14.8. The highest BCUT2D eigenvalue weighted by atomic mass is 79.9. The zero-order valence-corrected chi connectivity index (χ0v) is 13.3. The summed E-state index contributed by atoms with van der Waals surface area (Å²) in [5.74, 6) is 1.88. The summed E-state index contributed by atoms with van der Waals surface area (Å²) in [6, 6.07) is 10.5. The standard InChI is InChI=1S/C15H19BrN4/c1-3-17-15-19-10-13(16)14(20-15)18-9-11(2)12-7-5-4-6-8-12/h4-8,10-11H,3,9H2,1-2H3,(H2,17,18,19,20). The lowest BCUT2D eigenvalue weighted by atomic mass is 10.0. The van der Waals surface area contributed by atoms with E-state index in [2.05, 4.69) is 67.7 Å². The van der Waals surface area contributed by atoms with Crippen molar-refractivity contribution in [1.29, 1.82) is 0 Å². The van der Waals surface area contributed by atoms with Crippen molar-refractivity contribution in [2.24, 2.45) is 0 Å². The van der Waals surface area contributed by atoms with Gasteiger partial charge in [-0.25, -0.2) is 4.98 Å². The maximum absolute atomic E-state index is 4.45. The minimum Gasteiger partial charge on any atom is -0.368 e. The first-order valence-corrected chi connectivity index (χ1v) is 7.55. The largest absolute Gasteiger partial charge is 0.368 e. The fraction of sp³-hybridized carbons (Fsp3) is 0.333. The van der Waals surface area contributed by atoms with Crippen LogP contribution in [-0.2, 0) is 0 Å². The van der Waals surface area contributed by atoms with Crippen LogP contribution < -0.4 is 10.6 Å². The molecule has 1 heterocycles. The predicted molar refractivity (Wildman–Crippen MR) is 87.2 cm³/mol. The van der Waals surface area contributed by atoms with Crippen LogP contribution in [0.5, 0.6) is 0 Å². The van der Waals surface area contributed by atoms with Crippen LogP contribution in [0.4, 0.5) is 11.8 Å². The second-order valence-corrected chi connectivity index (χ2v) is 5.47. The van der Waals surface area contributed by atoms with E-state index in [1.807, 2.05) is 13.0 Å². The number of aromatic nitrogens is 2. The SMILES string of the molecule is CCNc1ncc(Br)c(NCC(C)c2ccccc2)n1. The Morgan fingerprint density at radius 2 is 1.95 bits per heavy atom. The summed E-state index contributed by atoms with van der Waals surface area (Å²) >= 11 is 3.47. The molecule has 0 saturated heterocycles. The predicted octanol–water partition coefficient (Wildman–Crippen LogP) is 3.89. The molecule has 0 aliphatic carbocycles. The van der Waals surface area contributed by atoms with Crippen LogP contribution in [0.1, 0.15) is 25.3 Å². The van der Waals surface area contributed by atoms with E-state index in [-0.39, 0.29) is 0 Å². The Balaban J connectivity index is 2.01. The van der Waals surface area contributed by atoms with Crippen LogP contribution in [-0.4, -0.2) is 23.1 Å². The third-order valence-corrected chi connectivity index (χ3v) is 3.60. The molecule has 1 atom stereocenters. The van der Waals surface area contributed by atoms with Crippen molar-refractivity contribution in [1.82, 2.24) is 9.97 Å². The molecule has 2 aromatic rings. The van der Waals surface area contributed by atoms with E-state index in [4.69, 9.17) is 0 Å². The first-order chi connectivity index (χ1) is 9.70. The third-order valence-electron chi connectivity index (χ3n) is 3.02. The fourth-order valence-corrected chi connectivity index (χ4v) is 2.21. The maximum atomic E-state index is 4.45. The lowest BCUT2D eigenvalue weighted by Gasteiger charge is -2.14. The van der Waals surface area contributed by atoms with Gasteiger partial charge in [0, 0.05) is 19.3 Å². The zero-order valence-electron chi connectivity index (χ0n) is 11.7. The van der Waals surface area contributed by atoms with Crippen LogP contribution in [0.2, 0.25) is 0 Å². The molecule has 2 N–H and O–H groups in total. The fourth-order valence-electron chi connectivity index (χ4n) is 1.88. The molecular formula is C15H19BrN4. The van der Waals surface area contributed by atoms with Crippen LogP contribution in [0.25, 0.3) is 0 Å². The molecule has 1 aromatic carbocycles. The molecule has 4 nitrogen and oxygen atoms in total. The molecule has 1 aromatic heterocycles. The molecule has 1 unspecified atom stereocenters. The van der Waals surface area contributed by atoms with Gasteiger partial charge in [-0.15, -0.1) is 0 Å². The van der Waals surface area contributed by atoms with Gasteiger partial charge in [0.2, 0.25) is 5.95 Å². The van der Waals surface area contributed by atoms with E-state index in [1.165, 1.54) is 5.56 Å². The first-order valence-electron chi connectivity index (χ1n) is 6.76. The van der Waals surface area contributed by atoms with Gasteiger partial charge in [-0.1, -0.05) is 37.3 Å². The van der Waals surface area contributed by atoms with Crippen molar-refractivity contribution in [3.63, 3.8) is 0 Å². The molecule has 2 rings (SSSR count). The number of nitrogens with one attached hydrogen (secondary N) is 2. The summed E-state index contributed by atoms with van der Waals surface area (Å²) in [7, 11) is 0. The van der Waals surface area contributed by atoms with Gasteiger partial charge >= 0.3 is 0 Å². The van der Waals surface area contributed by atoms with Crippen molar-refractivity contribution in [3.05, 3.63) is 46.6 Å². The Labute approximate surface area is 128 Å². The summed E-state index contributed by atoms with van der Waals surface area (Å²) in [5, 5.41) is 6.48. The Kier molecular flexibility index (Phi) is 5.35. The average molecular weight is 335 g/mol. The van der Waals surface area contributed by atoms with Gasteiger partial charge < -0.3 is 10.6 Å². The number of hydrogen-bond donors (Lipinski definition) is 2. The Morgan fingerprint density at radius 1 is 1.20 bits per heavy atom. The molecule has 0 radical (unpaired) electrons. The minimum atomic E-state index is 0.417. The van der Waals surface area contributed by atoms with Crippen molar-refractivity contribution in [3.8, 4) is 0 Å². The van der Waals surface area contributed by atoms with Crippen molar-refractivity contribution < 1.29 is 0 Å². The molecule has 0 saturated carbocycles. The minimum absolute atomic E-state index is 0.417. The van der Waals surface area contributed by atoms with Gasteiger partial charge in [0.1, 0.15) is 5.82 Å². The highest BCUT2D eigenvalue weighted by molar-refractivity contribution is 9.10. The molecule has 5 heteroatoms. The summed E-state index contributed by atoms with van der Waals surface area (Å²) < 4.78 is 0.874. The Bertz CT molecular complexity index is 545. The number of benzene rings is 1. The summed E-state index contributed by atoms with van der Waals surface area (Å²) in [5.41, 5.74) is 1.32. The number of anilines is 2. The van der Waals surface area contributed by atoms with E-state index in [0.717, 1.165) is 23.4 Å². The summed E-state index contributed by atoms with van der Waals surface area (Å²) in [6.45, 7) is 5.85. The van der Waals surface area contributed by atoms with Crippen LogP contribution in [0.3, 0.4) is 0 Å². The molecule has 0 amide bonds. The molecular weight excluding hydrogens is 316 g/mol. The molecule has 0 bridgehead atoms. The summed E-state index contributed by atoms with van der Waals surface area (Å²) in [4.78, 5) is 8.65. The number of hydrogen-bond acceptors (Lipinski definition) is 4. The monoisotopic (exact) mass is 334 g/mol. The Hall–Kier alpha value is -1.62. The Morgan fingerprint density at radius 3 is 2.65 bits per heavy atom. The normalized spacial score (nSPS) is 11.9. The molecule has 0 aliphatic rings. The highest BCUT2D eigenvalue weighted by Gasteiger charge is 2.08. The van der Waals surface area contributed by atoms with Crippen LogP contribution >= 0.6 is 15.9 Å². The van der Waals surface area contributed by atoms with Gasteiger partial charge in [-0.05, 0) is 34.3 Å². The lowest BCUT2D eigenvalue weighted by Crippen LogP contribution is -2.12. The van der Waals surface area contributed by atoms with Gasteiger partial charge in [0.15, 0.2) is 0 Å². The van der Waals surface area contributed by atoms with Crippen LogP contribution in [0.15, 0.2) is 41.0 Å². The van der Waals surface area contributed by atoms with Gasteiger partial charge in [-0.2, -0.15) is 4.98 Å². The second-order valence-electron chi connectivity index (χ2n) is 4.61. The topological polar surface area (TPSA) is 49.8 Å². The highest BCUT2D eigenvalue weighted by Crippen LogP contribution is 2.22. The van der Waals surface area contributed by atoms with E-state index in [0.29, 0.717) is 11.9 Å². The second kappa shape index (κ2) is 7.24. The molecule has 20 heavy (non-hydrogen) atoms. The van der Waals surface area contributed by atoms with Crippen molar-refractivity contribution in [2.45, 2.75) is 19.8 Å².